The van der Waals surface area contributed by atoms with Gasteiger partial charge >= 0.3 is 0 Å². The number of rotatable bonds is 5. The number of aromatic nitrogens is 5. The molecule has 0 aliphatic heterocycles. The van der Waals surface area contributed by atoms with Crippen molar-refractivity contribution >= 4 is 23.3 Å². The number of carbonyl (C=O) groups excluding carboxylic acids is 2. The Morgan fingerprint density at radius 2 is 2.17 bits per heavy atom. The van der Waals surface area contributed by atoms with Gasteiger partial charge in [-0.1, -0.05) is 0 Å². The number of carbonyl (C=O) groups is 2. The lowest BCUT2D eigenvalue weighted by molar-refractivity contribution is -0.116. The molecule has 0 aliphatic rings. The van der Waals surface area contributed by atoms with E-state index in [1.165, 1.54) is 6.20 Å². The SMILES string of the molecule is Cc1nc2c(C(N)=O)cnn2c(C)c1CCC(=O)Nc1ccn[nH]1. The molecule has 3 rings (SSSR count). The minimum absolute atomic E-state index is 0.128. The van der Waals surface area contributed by atoms with Crippen LogP contribution in [0.25, 0.3) is 5.65 Å². The Morgan fingerprint density at radius 1 is 1.38 bits per heavy atom. The predicted molar refractivity (Wildman–Crippen MR) is 86.5 cm³/mol. The average molecular weight is 327 g/mol. The smallest absolute Gasteiger partial charge is 0.254 e. The van der Waals surface area contributed by atoms with E-state index in [1.54, 1.807) is 16.8 Å². The lowest BCUT2D eigenvalue weighted by Gasteiger charge is -2.11. The van der Waals surface area contributed by atoms with Crippen molar-refractivity contribution in [1.29, 1.82) is 0 Å². The fourth-order valence-corrected chi connectivity index (χ4v) is 2.62. The highest BCUT2D eigenvalue weighted by atomic mass is 16.2. The summed E-state index contributed by atoms with van der Waals surface area (Å²) >= 11 is 0. The molecule has 0 unspecified atom stereocenters. The van der Waals surface area contributed by atoms with Crippen molar-refractivity contribution in [2.45, 2.75) is 26.7 Å². The van der Waals surface area contributed by atoms with Gasteiger partial charge in [0.05, 0.1) is 12.4 Å². The minimum atomic E-state index is -0.567. The summed E-state index contributed by atoms with van der Waals surface area (Å²) in [6.45, 7) is 3.72. The van der Waals surface area contributed by atoms with Crippen LogP contribution in [0.4, 0.5) is 5.82 Å². The van der Waals surface area contributed by atoms with E-state index in [1.807, 2.05) is 13.8 Å². The second-order valence-corrected chi connectivity index (χ2v) is 5.44. The first kappa shape index (κ1) is 15.7. The number of nitrogens with two attached hydrogens (primary N) is 1. The van der Waals surface area contributed by atoms with E-state index in [0.29, 0.717) is 17.9 Å². The maximum absolute atomic E-state index is 12.0. The van der Waals surface area contributed by atoms with Gasteiger partial charge < -0.3 is 11.1 Å². The van der Waals surface area contributed by atoms with Gasteiger partial charge in [0.2, 0.25) is 5.91 Å². The van der Waals surface area contributed by atoms with Crippen LogP contribution in [0.2, 0.25) is 0 Å². The first-order valence-corrected chi connectivity index (χ1v) is 7.40. The van der Waals surface area contributed by atoms with Gasteiger partial charge in [0.1, 0.15) is 11.4 Å². The van der Waals surface area contributed by atoms with Crippen molar-refractivity contribution in [3.63, 3.8) is 0 Å². The molecule has 3 aromatic rings. The predicted octanol–water partition coefficient (Wildman–Crippen LogP) is 0.739. The zero-order valence-electron chi connectivity index (χ0n) is 13.3. The van der Waals surface area contributed by atoms with Gasteiger partial charge in [-0.05, 0) is 25.8 Å². The molecule has 0 fully saturated rings. The molecule has 4 N–H and O–H groups in total. The Labute approximate surface area is 137 Å². The van der Waals surface area contributed by atoms with E-state index in [0.717, 1.165) is 17.0 Å². The first-order chi connectivity index (χ1) is 11.5. The summed E-state index contributed by atoms with van der Waals surface area (Å²) in [4.78, 5) is 27.8. The second kappa shape index (κ2) is 6.11. The fraction of sp³-hybridized carbons (Fsp3) is 0.267. The third kappa shape index (κ3) is 2.83. The van der Waals surface area contributed by atoms with E-state index >= 15 is 0 Å². The molecule has 0 saturated carbocycles. The number of nitrogens with one attached hydrogen (secondary N) is 2. The van der Waals surface area contributed by atoms with E-state index in [-0.39, 0.29) is 17.9 Å². The molecule has 0 saturated heterocycles. The summed E-state index contributed by atoms with van der Waals surface area (Å²) in [6.07, 6.45) is 3.77. The Morgan fingerprint density at radius 3 is 2.83 bits per heavy atom. The molecule has 0 bridgehead atoms. The van der Waals surface area contributed by atoms with Gasteiger partial charge in [-0.15, -0.1) is 0 Å². The highest BCUT2D eigenvalue weighted by Gasteiger charge is 2.17. The fourth-order valence-electron chi connectivity index (χ4n) is 2.62. The molecular formula is C15H17N7O2. The minimum Gasteiger partial charge on any atom is -0.365 e. The molecule has 9 nitrogen and oxygen atoms in total. The lowest BCUT2D eigenvalue weighted by Crippen LogP contribution is -2.15. The summed E-state index contributed by atoms with van der Waals surface area (Å²) in [7, 11) is 0. The summed E-state index contributed by atoms with van der Waals surface area (Å²) < 4.78 is 1.58. The van der Waals surface area contributed by atoms with E-state index in [4.69, 9.17) is 5.73 Å². The van der Waals surface area contributed by atoms with Crippen LogP contribution >= 0.6 is 0 Å². The van der Waals surface area contributed by atoms with Crippen LogP contribution in [0.3, 0.4) is 0 Å². The number of nitrogens with zero attached hydrogens (tertiary/aromatic N) is 4. The van der Waals surface area contributed by atoms with Gasteiger partial charge in [0, 0.05) is 23.9 Å². The van der Waals surface area contributed by atoms with Crippen molar-refractivity contribution in [1.82, 2.24) is 24.8 Å². The number of H-pyrrole nitrogens is 1. The van der Waals surface area contributed by atoms with Crippen molar-refractivity contribution in [3.05, 3.63) is 41.0 Å². The lowest BCUT2D eigenvalue weighted by atomic mass is 10.1. The normalized spacial score (nSPS) is 10.9. The van der Waals surface area contributed by atoms with Gasteiger partial charge in [-0.3, -0.25) is 14.7 Å². The van der Waals surface area contributed by atoms with Crippen LogP contribution < -0.4 is 11.1 Å². The number of hydrogen-bond donors (Lipinski definition) is 3. The molecule has 24 heavy (non-hydrogen) atoms. The molecule has 2 amide bonds. The number of amides is 2. The third-order valence-corrected chi connectivity index (χ3v) is 3.85. The maximum Gasteiger partial charge on any atom is 0.254 e. The zero-order chi connectivity index (χ0) is 17.3. The van der Waals surface area contributed by atoms with Crippen LogP contribution in [0.15, 0.2) is 18.5 Å². The quantitative estimate of drug-likeness (QED) is 0.636. The van der Waals surface area contributed by atoms with Gasteiger partial charge in [0.15, 0.2) is 5.65 Å². The van der Waals surface area contributed by atoms with E-state index < -0.39 is 5.91 Å². The van der Waals surface area contributed by atoms with Crippen LogP contribution in [0, 0.1) is 13.8 Å². The summed E-state index contributed by atoms with van der Waals surface area (Å²) in [5, 5.41) is 13.3. The molecule has 0 aromatic carbocycles. The highest BCUT2D eigenvalue weighted by Crippen LogP contribution is 2.18. The average Bonchev–Trinajstić information content (AvgIpc) is 3.16. The van der Waals surface area contributed by atoms with Gasteiger partial charge in [0.25, 0.3) is 5.91 Å². The van der Waals surface area contributed by atoms with E-state index in [2.05, 4.69) is 25.6 Å². The van der Waals surface area contributed by atoms with Crippen LogP contribution in [0.5, 0.6) is 0 Å². The second-order valence-electron chi connectivity index (χ2n) is 5.44. The Hall–Kier alpha value is -3.23. The number of anilines is 1. The molecule has 9 heteroatoms. The Balaban J connectivity index is 1.82. The van der Waals surface area contributed by atoms with Crippen LogP contribution in [-0.4, -0.2) is 36.6 Å². The molecule has 124 valence electrons. The molecule has 3 aromatic heterocycles. The Kier molecular flexibility index (Phi) is 3.98. The summed E-state index contributed by atoms with van der Waals surface area (Å²) in [6, 6.07) is 1.68. The number of hydrogen-bond acceptors (Lipinski definition) is 5. The van der Waals surface area contributed by atoms with Crippen molar-refractivity contribution in [2.75, 3.05) is 5.32 Å². The molecule has 0 radical (unpaired) electrons. The highest BCUT2D eigenvalue weighted by molar-refractivity contribution is 5.98. The Bertz CT molecular complexity index is 912. The number of aromatic amines is 1. The number of primary amides is 1. The summed E-state index contributed by atoms with van der Waals surface area (Å²) in [5.74, 6) is -0.139. The topological polar surface area (TPSA) is 131 Å². The van der Waals surface area contributed by atoms with Crippen LogP contribution in [-0.2, 0) is 11.2 Å². The van der Waals surface area contributed by atoms with Gasteiger partial charge in [-0.25, -0.2) is 9.50 Å². The molecule has 3 heterocycles. The monoisotopic (exact) mass is 327 g/mol. The largest absolute Gasteiger partial charge is 0.365 e. The summed E-state index contributed by atoms with van der Waals surface area (Å²) in [5.41, 5.74) is 8.55. The molecule has 0 aliphatic carbocycles. The zero-order valence-corrected chi connectivity index (χ0v) is 13.3. The number of aryl methyl sites for hydroxylation is 2. The van der Waals surface area contributed by atoms with Gasteiger partial charge in [-0.2, -0.15) is 10.2 Å². The molecule has 0 atom stereocenters. The molecular weight excluding hydrogens is 310 g/mol. The van der Waals surface area contributed by atoms with Crippen molar-refractivity contribution in [3.8, 4) is 0 Å². The standard InChI is InChI=1S/C15H17N7O2/c1-8-10(3-4-13(23)20-12-5-6-17-21-12)9(2)22-15(19-8)11(7-18-22)14(16)24/h5-7H,3-4H2,1-2H3,(H2,16,24)(H2,17,20,21,23). The number of fused-ring (bicyclic) bond motifs is 1. The van der Waals surface area contributed by atoms with Crippen molar-refractivity contribution in [2.24, 2.45) is 5.73 Å². The third-order valence-electron chi connectivity index (χ3n) is 3.85. The first-order valence-electron chi connectivity index (χ1n) is 7.40. The molecule has 0 spiro atoms. The van der Waals surface area contributed by atoms with E-state index in [9.17, 15) is 9.59 Å². The van der Waals surface area contributed by atoms with Crippen LogP contribution in [0.1, 0.15) is 33.7 Å². The maximum atomic E-state index is 12.0. The van der Waals surface area contributed by atoms with Crippen molar-refractivity contribution < 1.29 is 9.59 Å².